The molecule has 3 amide bonds. The third-order valence-corrected chi connectivity index (χ3v) is 4.01. The number of anilines is 1. The highest BCUT2D eigenvalue weighted by atomic mass is 32.1. The van der Waals surface area contributed by atoms with Gasteiger partial charge in [-0.25, -0.2) is 14.6 Å². The standard InChI is InChI=1S/C18H27F3N4O5S/c1-9(8-22-14(27)29-16(2,3)4)23-12(26)10-11(18(19,20)21)24-13(31-10)25-15(28)30-17(5,6)7/h9H,8H2,1-7H3,(H,22,27)(H,23,26)(H,24,25,28). The smallest absolute Gasteiger partial charge is 0.435 e. The lowest BCUT2D eigenvalue weighted by Crippen LogP contribution is -2.43. The number of nitrogens with zero attached hydrogens (tertiary/aromatic N) is 1. The van der Waals surface area contributed by atoms with Crippen LogP contribution >= 0.6 is 11.3 Å². The quantitative estimate of drug-likeness (QED) is 0.597. The van der Waals surface area contributed by atoms with Crippen molar-refractivity contribution in [3.05, 3.63) is 10.6 Å². The van der Waals surface area contributed by atoms with Crippen LogP contribution in [-0.2, 0) is 15.7 Å². The van der Waals surface area contributed by atoms with Crippen molar-refractivity contribution in [3.8, 4) is 0 Å². The van der Waals surface area contributed by atoms with Gasteiger partial charge in [-0.05, 0) is 48.5 Å². The van der Waals surface area contributed by atoms with Gasteiger partial charge in [-0.3, -0.25) is 10.1 Å². The number of thiazole rings is 1. The van der Waals surface area contributed by atoms with E-state index in [0.29, 0.717) is 11.3 Å². The average molecular weight is 468 g/mol. The highest BCUT2D eigenvalue weighted by Crippen LogP contribution is 2.36. The van der Waals surface area contributed by atoms with E-state index in [0.717, 1.165) is 0 Å². The third-order valence-electron chi connectivity index (χ3n) is 3.04. The monoisotopic (exact) mass is 468 g/mol. The van der Waals surface area contributed by atoms with Crippen LogP contribution in [0.2, 0.25) is 0 Å². The zero-order valence-corrected chi connectivity index (χ0v) is 19.1. The molecular weight excluding hydrogens is 441 g/mol. The largest absolute Gasteiger partial charge is 0.444 e. The van der Waals surface area contributed by atoms with E-state index in [1.54, 1.807) is 41.5 Å². The summed E-state index contributed by atoms with van der Waals surface area (Å²) in [5.41, 5.74) is -3.03. The van der Waals surface area contributed by atoms with Gasteiger partial charge in [0.15, 0.2) is 10.8 Å². The van der Waals surface area contributed by atoms with E-state index in [4.69, 9.17) is 9.47 Å². The Labute approximate surface area is 182 Å². The number of aromatic nitrogens is 1. The SMILES string of the molecule is CC(CNC(=O)OC(C)(C)C)NC(=O)c1sc(NC(=O)OC(C)(C)C)nc1C(F)(F)F. The number of nitrogens with one attached hydrogen (secondary N) is 3. The summed E-state index contributed by atoms with van der Waals surface area (Å²) < 4.78 is 50.0. The molecule has 31 heavy (non-hydrogen) atoms. The van der Waals surface area contributed by atoms with E-state index in [2.05, 4.69) is 20.9 Å². The van der Waals surface area contributed by atoms with E-state index in [9.17, 15) is 27.6 Å². The van der Waals surface area contributed by atoms with Gasteiger partial charge in [0, 0.05) is 12.6 Å². The van der Waals surface area contributed by atoms with E-state index in [-0.39, 0.29) is 6.54 Å². The van der Waals surface area contributed by atoms with Gasteiger partial charge in [0.2, 0.25) is 0 Å². The number of alkyl halides is 3. The van der Waals surface area contributed by atoms with Crippen LogP contribution in [0.1, 0.15) is 63.8 Å². The van der Waals surface area contributed by atoms with Crippen LogP contribution in [0.5, 0.6) is 0 Å². The first-order valence-corrected chi connectivity index (χ1v) is 10.0. The van der Waals surface area contributed by atoms with Crippen LogP contribution in [0.25, 0.3) is 0 Å². The molecule has 3 N–H and O–H groups in total. The number of carbonyl (C=O) groups is 3. The molecule has 1 heterocycles. The molecule has 0 bridgehead atoms. The Morgan fingerprint density at radius 1 is 1.00 bits per heavy atom. The van der Waals surface area contributed by atoms with Crippen LogP contribution < -0.4 is 16.0 Å². The lowest BCUT2D eigenvalue weighted by atomic mass is 10.2. The maximum atomic E-state index is 13.3. The number of alkyl carbamates (subject to hydrolysis) is 1. The summed E-state index contributed by atoms with van der Waals surface area (Å²) in [4.78, 5) is 38.4. The van der Waals surface area contributed by atoms with Crippen molar-refractivity contribution < 1.29 is 37.0 Å². The van der Waals surface area contributed by atoms with Crippen LogP contribution in [0.3, 0.4) is 0 Å². The summed E-state index contributed by atoms with van der Waals surface area (Å²) >= 11 is 0.356. The molecule has 0 fully saturated rings. The molecule has 1 aromatic rings. The molecule has 1 atom stereocenters. The summed E-state index contributed by atoms with van der Waals surface area (Å²) in [5, 5.41) is 6.41. The molecule has 0 saturated carbocycles. The minimum atomic E-state index is -4.92. The van der Waals surface area contributed by atoms with Crippen molar-refractivity contribution in [1.82, 2.24) is 15.6 Å². The van der Waals surface area contributed by atoms with Gasteiger partial charge in [-0.15, -0.1) is 0 Å². The minimum Gasteiger partial charge on any atom is -0.444 e. The highest BCUT2D eigenvalue weighted by Gasteiger charge is 2.40. The first-order chi connectivity index (χ1) is 13.9. The van der Waals surface area contributed by atoms with Crippen LogP contribution in [0.4, 0.5) is 27.9 Å². The molecule has 1 rings (SSSR count). The Kier molecular flexibility index (Phi) is 8.29. The van der Waals surface area contributed by atoms with Crippen LogP contribution in [-0.4, -0.2) is 46.9 Å². The first-order valence-electron chi connectivity index (χ1n) is 9.23. The van der Waals surface area contributed by atoms with Crippen LogP contribution in [0, 0.1) is 0 Å². The zero-order chi connectivity index (χ0) is 24.2. The fraction of sp³-hybridized carbons (Fsp3) is 0.667. The van der Waals surface area contributed by atoms with Gasteiger partial charge in [0.1, 0.15) is 16.1 Å². The Morgan fingerprint density at radius 3 is 2.00 bits per heavy atom. The minimum absolute atomic E-state index is 0.0795. The third kappa shape index (κ3) is 9.85. The van der Waals surface area contributed by atoms with E-state index in [1.165, 1.54) is 6.92 Å². The van der Waals surface area contributed by atoms with Gasteiger partial charge in [0.25, 0.3) is 5.91 Å². The summed E-state index contributed by atoms with van der Waals surface area (Å²) in [5.74, 6) is -1.06. The molecule has 9 nitrogen and oxygen atoms in total. The van der Waals surface area contributed by atoms with Crippen molar-refractivity contribution in [2.24, 2.45) is 0 Å². The normalized spacial score (nSPS) is 13.2. The van der Waals surface area contributed by atoms with Crippen molar-refractivity contribution in [2.45, 2.75) is 71.9 Å². The maximum Gasteiger partial charge on any atom is 0.435 e. The first kappa shape index (κ1) is 26.5. The van der Waals surface area contributed by atoms with Gasteiger partial charge < -0.3 is 20.1 Å². The van der Waals surface area contributed by atoms with Gasteiger partial charge in [0.05, 0.1) is 0 Å². The predicted molar refractivity (Wildman–Crippen MR) is 108 cm³/mol. The van der Waals surface area contributed by atoms with Gasteiger partial charge in [-0.2, -0.15) is 13.2 Å². The van der Waals surface area contributed by atoms with Crippen molar-refractivity contribution in [3.63, 3.8) is 0 Å². The molecule has 0 aliphatic carbocycles. The number of halogens is 3. The molecule has 0 saturated heterocycles. The Bertz CT molecular complexity index is 813. The molecule has 0 aliphatic rings. The summed E-state index contributed by atoms with van der Waals surface area (Å²) in [7, 11) is 0. The summed E-state index contributed by atoms with van der Waals surface area (Å²) in [6.07, 6.45) is -6.65. The molecule has 0 aliphatic heterocycles. The van der Waals surface area contributed by atoms with E-state index >= 15 is 0 Å². The second kappa shape index (κ2) is 9.71. The van der Waals surface area contributed by atoms with Crippen LogP contribution in [0.15, 0.2) is 0 Å². The summed E-state index contributed by atoms with van der Waals surface area (Å²) in [6, 6.07) is -0.717. The molecule has 176 valence electrons. The molecule has 1 unspecified atom stereocenters. The zero-order valence-electron chi connectivity index (χ0n) is 18.3. The molecule has 13 heteroatoms. The second-order valence-corrected chi connectivity index (χ2v) is 9.58. The molecule has 0 aromatic carbocycles. The number of hydrogen-bond acceptors (Lipinski definition) is 7. The second-order valence-electron chi connectivity index (χ2n) is 8.58. The van der Waals surface area contributed by atoms with Crippen molar-refractivity contribution in [2.75, 3.05) is 11.9 Å². The lowest BCUT2D eigenvalue weighted by molar-refractivity contribution is -0.141. The number of hydrogen-bond donors (Lipinski definition) is 3. The lowest BCUT2D eigenvalue weighted by Gasteiger charge is -2.21. The topological polar surface area (TPSA) is 119 Å². The fourth-order valence-corrected chi connectivity index (χ4v) is 2.88. The number of carbonyl (C=O) groups excluding carboxylic acids is 3. The Hall–Kier alpha value is -2.57. The van der Waals surface area contributed by atoms with E-state index < -0.39 is 57.2 Å². The van der Waals surface area contributed by atoms with Crippen molar-refractivity contribution in [1.29, 1.82) is 0 Å². The number of amides is 3. The average Bonchev–Trinajstić information content (AvgIpc) is 2.93. The summed E-state index contributed by atoms with van der Waals surface area (Å²) in [6.45, 7) is 11.2. The molecule has 0 radical (unpaired) electrons. The Balaban J connectivity index is 2.87. The maximum absolute atomic E-state index is 13.3. The molecular formula is C18H27F3N4O5S. The highest BCUT2D eigenvalue weighted by molar-refractivity contribution is 7.17. The number of rotatable bonds is 5. The fourth-order valence-electron chi connectivity index (χ4n) is 2.00. The molecule has 1 aromatic heterocycles. The van der Waals surface area contributed by atoms with Gasteiger partial charge >= 0.3 is 18.4 Å². The van der Waals surface area contributed by atoms with E-state index in [1.807, 2.05) is 0 Å². The van der Waals surface area contributed by atoms with Gasteiger partial charge in [-0.1, -0.05) is 11.3 Å². The van der Waals surface area contributed by atoms with Crippen molar-refractivity contribution >= 4 is 34.6 Å². The Morgan fingerprint density at radius 2 is 1.52 bits per heavy atom. The predicted octanol–water partition coefficient (Wildman–Crippen LogP) is 4.15. The number of ether oxygens (including phenoxy) is 2. The molecule has 0 spiro atoms.